The third-order valence-electron chi connectivity index (χ3n) is 2.71. The minimum Gasteiger partial charge on any atom is -0.300 e. The number of halogens is 1. The minimum absolute atomic E-state index is 0.122. The van der Waals surface area contributed by atoms with E-state index in [0.29, 0.717) is 17.2 Å². The van der Waals surface area contributed by atoms with Crippen molar-refractivity contribution in [3.63, 3.8) is 0 Å². The first kappa shape index (κ1) is 13.0. The molecule has 2 rings (SSSR count). The monoisotopic (exact) mass is 293 g/mol. The summed E-state index contributed by atoms with van der Waals surface area (Å²) < 4.78 is 26.6. The molecule has 1 aromatic heterocycles. The van der Waals surface area contributed by atoms with Crippen LogP contribution in [0.15, 0.2) is 10.3 Å². The fraction of sp³-hybridized carbons (Fsp3) is 0.500. The Kier molecular flexibility index (Phi) is 3.58. The van der Waals surface area contributed by atoms with E-state index in [1.807, 2.05) is 0 Å². The van der Waals surface area contributed by atoms with Crippen molar-refractivity contribution in [1.82, 2.24) is 4.31 Å². The molecule has 1 aliphatic rings. The van der Waals surface area contributed by atoms with Crippen LogP contribution >= 0.6 is 22.9 Å². The molecule has 2 heterocycles. The molecule has 1 aromatic rings. The van der Waals surface area contributed by atoms with Crippen LogP contribution in [0.25, 0.3) is 0 Å². The molecule has 0 atom stereocenters. The third-order valence-corrected chi connectivity index (χ3v) is 6.61. The highest BCUT2D eigenvalue weighted by Crippen LogP contribution is 2.32. The summed E-state index contributed by atoms with van der Waals surface area (Å²) in [6.07, 6.45) is 0.606. The predicted octanol–water partition coefficient (Wildman–Crippen LogP) is 2.06. The fourth-order valence-electron chi connectivity index (χ4n) is 1.66. The number of Topliss-reactive ketones (excluding diaryl/α,β-unsaturated/α-hetero) is 1. The van der Waals surface area contributed by atoms with Crippen LogP contribution in [0.1, 0.15) is 18.4 Å². The van der Waals surface area contributed by atoms with Crippen LogP contribution in [0.4, 0.5) is 0 Å². The van der Waals surface area contributed by atoms with Crippen molar-refractivity contribution in [2.75, 3.05) is 13.1 Å². The zero-order valence-electron chi connectivity index (χ0n) is 9.27. The molecule has 94 valence electrons. The van der Waals surface area contributed by atoms with Gasteiger partial charge in [-0.05, 0) is 18.6 Å². The summed E-state index contributed by atoms with van der Waals surface area (Å²) in [5, 5.41) is 0. The van der Waals surface area contributed by atoms with Gasteiger partial charge in [-0.1, -0.05) is 11.6 Å². The van der Waals surface area contributed by atoms with Gasteiger partial charge in [0.25, 0.3) is 10.0 Å². The highest BCUT2D eigenvalue weighted by Gasteiger charge is 2.30. The van der Waals surface area contributed by atoms with Crippen molar-refractivity contribution in [2.24, 2.45) is 0 Å². The molecule has 17 heavy (non-hydrogen) atoms. The summed E-state index contributed by atoms with van der Waals surface area (Å²) in [5.74, 6) is 0.122. The van der Waals surface area contributed by atoms with Gasteiger partial charge in [0.05, 0.1) is 4.34 Å². The molecule has 0 N–H and O–H groups in total. The highest BCUT2D eigenvalue weighted by molar-refractivity contribution is 7.91. The van der Waals surface area contributed by atoms with Gasteiger partial charge in [-0.2, -0.15) is 4.31 Å². The molecule has 1 fully saturated rings. The summed E-state index contributed by atoms with van der Waals surface area (Å²) in [6.45, 7) is 2.32. The largest absolute Gasteiger partial charge is 0.300 e. The third kappa shape index (κ3) is 2.54. The van der Waals surface area contributed by atoms with Gasteiger partial charge in [-0.15, -0.1) is 11.3 Å². The maximum absolute atomic E-state index is 12.2. The van der Waals surface area contributed by atoms with Crippen LogP contribution in [0, 0.1) is 6.92 Å². The average Bonchev–Trinajstić information content (AvgIpc) is 2.60. The lowest BCUT2D eigenvalue weighted by molar-refractivity contribution is -0.120. The van der Waals surface area contributed by atoms with E-state index < -0.39 is 10.0 Å². The molecule has 1 saturated heterocycles. The first-order valence-electron chi connectivity index (χ1n) is 5.19. The summed E-state index contributed by atoms with van der Waals surface area (Å²) in [4.78, 5) is 11.1. The van der Waals surface area contributed by atoms with Gasteiger partial charge >= 0.3 is 0 Å². The Labute approximate surface area is 109 Å². The second-order valence-corrected chi connectivity index (χ2v) is 7.78. The molecule has 4 nitrogen and oxygen atoms in total. The van der Waals surface area contributed by atoms with Gasteiger partial charge < -0.3 is 0 Å². The van der Waals surface area contributed by atoms with Gasteiger partial charge in [0, 0.05) is 25.9 Å². The molecule has 7 heteroatoms. The Morgan fingerprint density at radius 2 is 1.94 bits per heavy atom. The number of carbonyl (C=O) groups is 1. The number of hydrogen-bond donors (Lipinski definition) is 0. The van der Waals surface area contributed by atoms with E-state index in [4.69, 9.17) is 11.6 Å². The second kappa shape index (κ2) is 4.68. The maximum Gasteiger partial charge on any atom is 0.252 e. The van der Waals surface area contributed by atoms with Crippen molar-refractivity contribution in [2.45, 2.75) is 24.0 Å². The lowest BCUT2D eigenvalue weighted by atomic mass is 10.1. The molecule has 0 radical (unpaired) electrons. The van der Waals surface area contributed by atoms with Gasteiger partial charge in [0.15, 0.2) is 0 Å². The van der Waals surface area contributed by atoms with E-state index in [-0.39, 0.29) is 23.1 Å². The maximum atomic E-state index is 12.2. The number of rotatable bonds is 2. The number of nitrogens with zero attached hydrogens (tertiary/aromatic N) is 1. The van der Waals surface area contributed by atoms with Crippen LogP contribution in [-0.2, 0) is 14.8 Å². The lowest BCUT2D eigenvalue weighted by Gasteiger charge is -2.24. The Balaban J connectivity index is 2.27. The number of sulfonamides is 1. The Morgan fingerprint density at radius 3 is 2.41 bits per heavy atom. The van der Waals surface area contributed by atoms with E-state index in [1.54, 1.807) is 13.0 Å². The number of ketones is 1. The highest BCUT2D eigenvalue weighted by atomic mass is 35.5. The van der Waals surface area contributed by atoms with E-state index in [0.717, 1.165) is 16.9 Å². The van der Waals surface area contributed by atoms with E-state index in [9.17, 15) is 13.2 Å². The van der Waals surface area contributed by atoms with Crippen LogP contribution in [0.5, 0.6) is 0 Å². The number of piperidine rings is 1. The molecular formula is C10H12ClNO3S2. The summed E-state index contributed by atoms with van der Waals surface area (Å²) in [6, 6.07) is 1.58. The number of hydrogen-bond acceptors (Lipinski definition) is 4. The molecular weight excluding hydrogens is 282 g/mol. The number of carbonyl (C=O) groups excluding carboxylic acids is 1. The van der Waals surface area contributed by atoms with Gasteiger partial charge in [0.2, 0.25) is 0 Å². The summed E-state index contributed by atoms with van der Waals surface area (Å²) >= 11 is 6.95. The van der Waals surface area contributed by atoms with Crippen LogP contribution in [-0.4, -0.2) is 31.6 Å². The molecule has 0 unspecified atom stereocenters. The molecule has 0 amide bonds. The number of thiophene rings is 1. The van der Waals surface area contributed by atoms with Crippen LogP contribution < -0.4 is 0 Å². The second-order valence-electron chi connectivity index (χ2n) is 3.96. The quantitative estimate of drug-likeness (QED) is 0.839. The lowest BCUT2D eigenvalue weighted by Crippen LogP contribution is -2.38. The van der Waals surface area contributed by atoms with E-state index >= 15 is 0 Å². The van der Waals surface area contributed by atoms with Gasteiger partial charge in [0.1, 0.15) is 9.99 Å². The first-order chi connectivity index (χ1) is 7.91. The van der Waals surface area contributed by atoms with Gasteiger partial charge in [-0.3, -0.25) is 4.79 Å². The molecule has 0 spiro atoms. The topological polar surface area (TPSA) is 54.5 Å². The molecule has 0 bridgehead atoms. The van der Waals surface area contributed by atoms with Crippen LogP contribution in [0.3, 0.4) is 0 Å². The van der Waals surface area contributed by atoms with Crippen molar-refractivity contribution in [1.29, 1.82) is 0 Å². The SMILES string of the molecule is Cc1cc(S(=O)(=O)N2CCC(=O)CC2)sc1Cl. The van der Waals surface area contributed by atoms with Crippen molar-refractivity contribution in [3.05, 3.63) is 16.0 Å². The Morgan fingerprint density at radius 1 is 1.35 bits per heavy atom. The summed E-state index contributed by atoms with van der Waals surface area (Å²) in [5.41, 5.74) is 0.767. The van der Waals surface area contributed by atoms with Crippen molar-refractivity contribution < 1.29 is 13.2 Å². The van der Waals surface area contributed by atoms with E-state index in [1.165, 1.54) is 4.31 Å². The van der Waals surface area contributed by atoms with E-state index in [2.05, 4.69) is 0 Å². The molecule has 1 aliphatic heterocycles. The summed E-state index contributed by atoms with van der Waals surface area (Å²) in [7, 11) is -3.47. The predicted molar refractivity (Wildman–Crippen MR) is 67.1 cm³/mol. The van der Waals surface area contributed by atoms with Crippen LogP contribution in [0.2, 0.25) is 4.34 Å². The first-order valence-corrected chi connectivity index (χ1v) is 7.82. The number of aryl methyl sites for hydroxylation is 1. The Hall–Kier alpha value is -0.430. The fourth-order valence-corrected chi connectivity index (χ4v) is 4.97. The van der Waals surface area contributed by atoms with Crippen molar-refractivity contribution >= 4 is 38.7 Å². The minimum atomic E-state index is -3.47. The molecule has 0 saturated carbocycles. The Bertz CT molecular complexity index is 520. The zero-order valence-corrected chi connectivity index (χ0v) is 11.7. The smallest absolute Gasteiger partial charge is 0.252 e. The normalized spacial score (nSPS) is 18.6. The standard InChI is InChI=1S/C10H12ClNO3S2/c1-7-6-9(16-10(7)11)17(14,15)12-4-2-8(13)3-5-12/h6H,2-5H2,1H3. The average molecular weight is 294 g/mol. The van der Waals surface area contributed by atoms with Crippen molar-refractivity contribution in [3.8, 4) is 0 Å². The molecule has 0 aromatic carbocycles. The molecule has 0 aliphatic carbocycles. The zero-order chi connectivity index (χ0) is 12.6. The van der Waals surface area contributed by atoms with Gasteiger partial charge in [-0.25, -0.2) is 8.42 Å².